The Morgan fingerprint density at radius 3 is 1.00 bits per heavy atom. The van der Waals surface area contributed by atoms with Crippen LogP contribution >= 0.6 is 0 Å². The van der Waals surface area contributed by atoms with Crippen LogP contribution in [0.15, 0.2) is 49.2 Å². The van der Waals surface area contributed by atoms with E-state index in [0.29, 0.717) is 0 Å². The summed E-state index contributed by atoms with van der Waals surface area (Å²) in [5.41, 5.74) is -3.40. The van der Waals surface area contributed by atoms with E-state index in [0.717, 1.165) is 0 Å². The third-order valence-corrected chi connectivity index (χ3v) is 5.04. The molecule has 0 heterocycles. The van der Waals surface area contributed by atoms with Crippen molar-refractivity contribution in [2.45, 2.75) is 53.7 Å². The van der Waals surface area contributed by atoms with Crippen LogP contribution in [-0.4, -0.2) is 74.2 Å². The lowest BCUT2D eigenvalue weighted by molar-refractivity contribution is -0.459. The third-order valence-electron chi connectivity index (χ3n) is 5.04. The second kappa shape index (κ2) is 9.65. The van der Waals surface area contributed by atoms with E-state index in [1.165, 1.54) is 0 Å². The minimum absolute atomic E-state index is 0.920. The van der Waals surface area contributed by atoms with Crippen molar-refractivity contribution in [2.24, 2.45) is 5.41 Å². The van der Waals surface area contributed by atoms with Gasteiger partial charge in [0.1, 0.15) is 17.3 Å². The summed E-state index contributed by atoms with van der Waals surface area (Å²) in [4.78, 5) is 0. The zero-order valence-electron chi connectivity index (χ0n) is 18.1. The fourth-order valence-electron chi connectivity index (χ4n) is 2.65. The van der Waals surface area contributed by atoms with Gasteiger partial charge >= 0.3 is 47.6 Å². The molecule has 0 aliphatic heterocycles. The maximum atomic E-state index is 13.9. The maximum absolute atomic E-state index is 13.9. The van der Waals surface area contributed by atoms with E-state index in [9.17, 15) is 95.1 Å². The first-order valence-electron chi connectivity index (χ1n) is 8.95. The highest BCUT2D eigenvalue weighted by atomic mass is 19.4. The predicted molar refractivity (Wildman–Crippen MR) is 93.6 cm³/mol. The first-order chi connectivity index (χ1) is 16.7. The molecule has 0 saturated carbocycles. The Labute approximate surface area is 204 Å². The third kappa shape index (κ3) is 4.75. The van der Waals surface area contributed by atoms with E-state index in [1.807, 2.05) is 0 Å². The highest BCUT2D eigenvalue weighted by Gasteiger charge is 2.95. The van der Waals surface area contributed by atoms with Gasteiger partial charge in [0.2, 0.25) is 0 Å². The molecule has 0 bridgehead atoms. The maximum Gasteiger partial charge on any atom is 0.460 e. The molecule has 21 heteroatoms. The molecular weight excluding hydrogens is 603 g/mol. The number of alkyl halides is 17. The van der Waals surface area contributed by atoms with Crippen molar-refractivity contribution in [1.29, 1.82) is 0 Å². The number of halogens is 17. The average Bonchev–Trinajstić information content (AvgIpc) is 2.70. The molecule has 4 nitrogen and oxygen atoms in total. The molecule has 0 amide bonds. The standard InChI is InChI=1S/C18H13F17O4/c1-6(36)11(7(2)37,8(3)38)9(39)4-5-10(19,20)12(21,22)13(23,24)14(25,26)15(27,28)16(29,30)17(31,32)18(33,34)35/h4-5,9,36-39H,1-3H2. The number of rotatable bonds is 12. The Kier molecular flexibility index (Phi) is 8.94. The van der Waals surface area contributed by atoms with Crippen LogP contribution in [0.1, 0.15) is 0 Å². The number of hydrogen-bond donors (Lipinski definition) is 4. The molecule has 1 atom stereocenters. The van der Waals surface area contributed by atoms with Gasteiger partial charge in [-0.3, -0.25) is 0 Å². The lowest BCUT2D eigenvalue weighted by Crippen LogP contribution is -2.74. The normalized spacial score (nSPS) is 16.4. The number of aliphatic hydroxyl groups is 4. The van der Waals surface area contributed by atoms with Gasteiger partial charge in [0.05, 0.1) is 6.10 Å². The van der Waals surface area contributed by atoms with Gasteiger partial charge in [0.25, 0.3) is 0 Å². The van der Waals surface area contributed by atoms with Crippen molar-refractivity contribution < 1.29 is 95.1 Å². The first kappa shape index (κ1) is 36.1. The van der Waals surface area contributed by atoms with Gasteiger partial charge in [-0.2, -0.15) is 74.6 Å². The zero-order valence-corrected chi connectivity index (χ0v) is 18.1. The Morgan fingerprint density at radius 1 is 0.487 bits per heavy atom. The number of allylic oxidation sites excluding steroid dienone is 1. The molecule has 228 valence electrons. The summed E-state index contributed by atoms with van der Waals surface area (Å²) in [5, 5.41) is 38.0. The molecule has 0 radical (unpaired) electrons. The molecule has 1 unspecified atom stereocenters. The quantitative estimate of drug-likeness (QED) is 0.107. The molecule has 0 saturated heterocycles. The minimum Gasteiger partial charge on any atom is -0.511 e. The predicted octanol–water partition coefficient (Wildman–Crippen LogP) is 7.11. The van der Waals surface area contributed by atoms with Crippen LogP contribution in [0.25, 0.3) is 0 Å². The number of hydrogen-bond acceptors (Lipinski definition) is 4. The summed E-state index contributed by atoms with van der Waals surface area (Å²) >= 11 is 0. The fraction of sp³-hybridized carbons (Fsp3) is 0.556. The Bertz CT molecular complexity index is 974. The van der Waals surface area contributed by atoms with Crippen molar-refractivity contribution in [3.8, 4) is 0 Å². The molecule has 0 aliphatic rings. The highest BCUT2D eigenvalue weighted by molar-refractivity contribution is 5.34. The van der Waals surface area contributed by atoms with E-state index in [4.69, 9.17) is 0 Å². The van der Waals surface area contributed by atoms with E-state index in [1.54, 1.807) is 0 Å². The van der Waals surface area contributed by atoms with E-state index < -0.39 is 88.6 Å². The van der Waals surface area contributed by atoms with Crippen LogP contribution in [0.2, 0.25) is 0 Å². The minimum atomic E-state index is -8.81. The second-order valence-corrected chi connectivity index (χ2v) is 7.52. The van der Waals surface area contributed by atoms with Crippen LogP contribution in [-0.2, 0) is 0 Å². The van der Waals surface area contributed by atoms with Crippen LogP contribution in [0.4, 0.5) is 74.6 Å². The Balaban J connectivity index is 6.95. The molecule has 39 heavy (non-hydrogen) atoms. The molecule has 0 rings (SSSR count). The topological polar surface area (TPSA) is 80.9 Å². The molecule has 0 fully saturated rings. The van der Waals surface area contributed by atoms with Crippen LogP contribution in [0.5, 0.6) is 0 Å². The monoisotopic (exact) mass is 616 g/mol. The largest absolute Gasteiger partial charge is 0.511 e. The lowest BCUT2D eigenvalue weighted by atomic mass is 9.76. The number of aliphatic hydroxyl groups excluding tert-OH is 4. The zero-order chi connectivity index (χ0) is 32.2. The van der Waals surface area contributed by atoms with Crippen LogP contribution in [0.3, 0.4) is 0 Å². The molecule has 0 aromatic heterocycles. The van der Waals surface area contributed by atoms with Crippen molar-refractivity contribution in [1.82, 2.24) is 0 Å². The Morgan fingerprint density at radius 2 is 0.744 bits per heavy atom. The summed E-state index contributed by atoms with van der Waals surface area (Å²) in [5.74, 6) is -63.3. The summed E-state index contributed by atoms with van der Waals surface area (Å²) in [6.45, 7) is 7.84. The van der Waals surface area contributed by atoms with Gasteiger partial charge in [-0.25, -0.2) is 0 Å². The van der Waals surface area contributed by atoms with Gasteiger partial charge < -0.3 is 20.4 Å². The summed E-state index contributed by atoms with van der Waals surface area (Å²) in [6, 6.07) is 0. The molecule has 4 N–H and O–H groups in total. The van der Waals surface area contributed by atoms with Crippen molar-refractivity contribution in [3.63, 3.8) is 0 Å². The van der Waals surface area contributed by atoms with Gasteiger partial charge in [-0.05, 0) is 6.08 Å². The summed E-state index contributed by atoms with van der Waals surface area (Å²) in [7, 11) is 0. The molecule has 0 aliphatic carbocycles. The van der Waals surface area contributed by atoms with Crippen LogP contribution < -0.4 is 0 Å². The smallest absolute Gasteiger partial charge is 0.460 e. The Hall–Kier alpha value is -2.87. The van der Waals surface area contributed by atoms with Gasteiger partial charge in [-0.1, -0.05) is 25.8 Å². The van der Waals surface area contributed by atoms with E-state index in [-0.39, 0.29) is 0 Å². The van der Waals surface area contributed by atoms with E-state index in [2.05, 4.69) is 19.7 Å². The first-order valence-corrected chi connectivity index (χ1v) is 8.95. The van der Waals surface area contributed by atoms with E-state index >= 15 is 0 Å². The molecule has 0 spiro atoms. The highest BCUT2D eigenvalue weighted by Crippen LogP contribution is 2.64. The van der Waals surface area contributed by atoms with Crippen LogP contribution in [0, 0.1) is 5.41 Å². The second-order valence-electron chi connectivity index (χ2n) is 7.52. The van der Waals surface area contributed by atoms with Crippen molar-refractivity contribution >= 4 is 0 Å². The molecular formula is C18H13F17O4. The van der Waals surface area contributed by atoms with Crippen molar-refractivity contribution in [3.05, 3.63) is 49.2 Å². The lowest BCUT2D eigenvalue weighted by Gasteiger charge is -2.42. The SMILES string of the molecule is C=C(O)C(C(=C)O)(C(=C)O)C(O)C=CC(F)(F)C(F)(F)C(F)(F)C(F)(F)C(F)(F)C(F)(F)C(F)(F)C(F)(F)F. The summed E-state index contributed by atoms with van der Waals surface area (Å²) < 4.78 is 225. The van der Waals surface area contributed by atoms with Gasteiger partial charge in [0, 0.05) is 0 Å². The molecule has 0 aromatic carbocycles. The summed E-state index contributed by atoms with van der Waals surface area (Å²) in [6.07, 6.45) is -13.8. The van der Waals surface area contributed by atoms with Crippen molar-refractivity contribution in [2.75, 3.05) is 0 Å². The van der Waals surface area contributed by atoms with Gasteiger partial charge in [-0.15, -0.1) is 0 Å². The molecule has 0 aromatic rings. The average molecular weight is 616 g/mol. The fourth-order valence-corrected chi connectivity index (χ4v) is 2.65. The van der Waals surface area contributed by atoms with Gasteiger partial charge in [0.15, 0.2) is 5.41 Å².